The molecule has 5 rings (SSSR count). The third-order valence-electron chi connectivity index (χ3n) is 10.3. The molecule has 3 aromatic rings. The number of carbonyl (C=O) groups is 3. The van der Waals surface area contributed by atoms with E-state index in [2.05, 4.69) is 48.7 Å². The lowest BCUT2D eigenvalue weighted by atomic mass is 9.85. The number of fused-ring (bicyclic) bond motifs is 8. The zero-order chi connectivity index (χ0) is 36.3. The first-order chi connectivity index (χ1) is 23.9. The second kappa shape index (κ2) is 15.3. The maximum atomic E-state index is 14.0. The van der Waals surface area contributed by atoms with Crippen LogP contribution in [0.15, 0.2) is 24.8 Å². The number of hydrogen-bond donors (Lipinski definition) is 4. The van der Waals surface area contributed by atoms with Crippen molar-refractivity contribution in [2.75, 3.05) is 13.7 Å². The number of aryl methyl sites for hydroxylation is 3. The maximum absolute atomic E-state index is 14.0. The second-order valence-corrected chi connectivity index (χ2v) is 13.3. The number of aromatic amines is 2. The van der Waals surface area contributed by atoms with Crippen molar-refractivity contribution in [3.63, 3.8) is 0 Å². The molecule has 0 saturated heterocycles. The highest BCUT2D eigenvalue weighted by Gasteiger charge is 2.37. The molecule has 264 valence electrons. The van der Waals surface area contributed by atoms with E-state index in [4.69, 9.17) is 14.7 Å². The summed E-state index contributed by atoms with van der Waals surface area (Å²) in [6, 6.07) is 5.94. The first-order valence-corrected chi connectivity index (χ1v) is 17.6. The summed E-state index contributed by atoms with van der Waals surface area (Å²) in [5, 5.41) is 14.0. The van der Waals surface area contributed by atoms with Crippen LogP contribution in [0.4, 0.5) is 0 Å². The van der Waals surface area contributed by atoms with Gasteiger partial charge in [0.15, 0.2) is 0 Å². The summed E-state index contributed by atoms with van der Waals surface area (Å²) in [6.07, 6.45) is 6.92. The van der Waals surface area contributed by atoms with Crippen LogP contribution >= 0.6 is 0 Å². The number of nitrogens with one attached hydrogen (secondary N) is 3. The van der Waals surface area contributed by atoms with Gasteiger partial charge in [0.1, 0.15) is 5.56 Å². The summed E-state index contributed by atoms with van der Waals surface area (Å²) in [5.41, 5.74) is 9.80. The van der Waals surface area contributed by atoms with Gasteiger partial charge >= 0.3 is 11.9 Å². The molecule has 2 aliphatic heterocycles. The van der Waals surface area contributed by atoms with Gasteiger partial charge in [-0.25, -0.2) is 9.78 Å². The van der Waals surface area contributed by atoms with Gasteiger partial charge in [0.2, 0.25) is 0 Å². The number of ether oxygens (including phenoxy) is 1. The number of carbonyl (C=O) groups excluding carboxylic acids is 2. The Hall–Kier alpha value is -4.99. The fraction of sp³-hybridized carbons (Fsp3) is 0.425. The molecule has 10 nitrogen and oxygen atoms in total. The minimum atomic E-state index is -1.24. The average Bonchev–Trinajstić information content (AvgIpc) is 3.76. The lowest BCUT2D eigenvalue weighted by molar-refractivity contribution is -0.140. The number of aromatic nitrogens is 4. The van der Waals surface area contributed by atoms with Crippen molar-refractivity contribution in [1.82, 2.24) is 25.3 Å². The molecule has 10 heteroatoms. The quantitative estimate of drug-likeness (QED) is 0.111. The smallest absolute Gasteiger partial charge is 0.339 e. The van der Waals surface area contributed by atoms with Crippen LogP contribution in [-0.2, 0) is 20.7 Å². The van der Waals surface area contributed by atoms with E-state index in [1.165, 1.54) is 7.11 Å². The van der Waals surface area contributed by atoms with Crippen LogP contribution in [0.5, 0.6) is 0 Å². The molecule has 8 bridgehead atoms. The third kappa shape index (κ3) is 6.88. The zero-order valence-corrected chi connectivity index (χ0v) is 30.3. The van der Waals surface area contributed by atoms with Crippen LogP contribution in [-0.4, -0.2) is 56.5 Å². The number of carboxylic acids is 1. The highest BCUT2D eigenvalue weighted by molar-refractivity contribution is 6.28. The SMILES string of the molecule is C=Cc1c(C)c2cc3nc(c(C(=O)O)c4nc(cc5[nH]c(cc1[nH]2)c(C)c5CC)C(C)=C4C(=O)NCCCCCC)[C@@H](CCC(=O)OC)[C@@H]3C. The molecule has 0 aliphatic carbocycles. The predicted octanol–water partition coefficient (Wildman–Crippen LogP) is 8.30. The summed E-state index contributed by atoms with van der Waals surface area (Å²) in [7, 11) is 1.34. The van der Waals surface area contributed by atoms with Crippen LogP contribution in [0.1, 0.15) is 133 Å². The lowest BCUT2D eigenvalue weighted by Gasteiger charge is -2.17. The number of esters is 1. The van der Waals surface area contributed by atoms with E-state index in [0.717, 1.165) is 76.4 Å². The van der Waals surface area contributed by atoms with Crippen LogP contribution in [0.2, 0.25) is 0 Å². The molecule has 0 spiro atoms. The van der Waals surface area contributed by atoms with E-state index in [1.807, 2.05) is 39.0 Å². The van der Waals surface area contributed by atoms with E-state index >= 15 is 0 Å². The number of allylic oxidation sites excluding steroid dienone is 1. The monoisotopic (exact) mass is 679 g/mol. The standard InChI is InChI=1S/C40H49N5O5/c1-9-12-13-14-17-41-39(47)35-24(7)31-20-33-26(11-3)22(5)29(43-33)19-32-25(10-2)21(4)28(42-32)18-30-23(6)27(15-16-34(46)50-8)37(44-30)36(40(48)49)38(35)45-31/h10,18-20,23,27,42-43H,2,9,11-17H2,1,3-8H3,(H,41,47)(H,48,49)/t23-,27-/m0/s1. The topological polar surface area (TPSA) is 150 Å². The summed E-state index contributed by atoms with van der Waals surface area (Å²) in [5.74, 6) is -2.70. The predicted molar refractivity (Wildman–Crippen MR) is 199 cm³/mol. The van der Waals surface area contributed by atoms with Crippen LogP contribution in [0.25, 0.3) is 39.3 Å². The number of methoxy groups -OCH3 is 1. The number of carboxylic acid groups (broad SMARTS) is 1. The van der Waals surface area contributed by atoms with Crippen molar-refractivity contribution in [1.29, 1.82) is 0 Å². The first kappa shape index (κ1) is 36.3. The van der Waals surface area contributed by atoms with Gasteiger partial charge in [0, 0.05) is 58.1 Å². The minimum Gasteiger partial charge on any atom is -0.478 e. The molecule has 3 aromatic heterocycles. The number of aromatic carboxylic acids is 1. The molecule has 0 aromatic carbocycles. The number of H-pyrrole nitrogens is 2. The van der Waals surface area contributed by atoms with Gasteiger partial charge in [0.05, 0.1) is 29.8 Å². The lowest BCUT2D eigenvalue weighted by Crippen LogP contribution is -2.26. The number of amides is 1. The molecule has 0 fully saturated rings. The number of nitrogens with zero attached hydrogens (tertiary/aromatic N) is 2. The molecule has 1 amide bonds. The Morgan fingerprint density at radius 2 is 1.70 bits per heavy atom. The van der Waals surface area contributed by atoms with Crippen molar-refractivity contribution in [2.45, 2.75) is 98.3 Å². The van der Waals surface area contributed by atoms with Gasteiger partial charge in [-0.3, -0.25) is 14.6 Å². The van der Waals surface area contributed by atoms with Crippen LogP contribution < -0.4 is 5.32 Å². The van der Waals surface area contributed by atoms with E-state index in [0.29, 0.717) is 35.6 Å². The molecule has 50 heavy (non-hydrogen) atoms. The number of hydrogen-bond acceptors (Lipinski definition) is 6. The fourth-order valence-electron chi connectivity index (χ4n) is 7.28. The number of unbranched alkanes of at least 4 members (excludes halogenated alkanes) is 3. The van der Waals surface area contributed by atoms with E-state index in [1.54, 1.807) is 0 Å². The summed E-state index contributed by atoms with van der Waals surface area (Å²) < 4.78 is 4.95. The molecule has 2 aliphatic rings. The second-order valence-electron chi connectivity index (χ2n) is 13.3. The summed E-state index contributed by atoms with van der Waals surface area (Å²) in [6.45, 7) is 16.7. The highest BCUT2D eigenvalue weighted by atomic mass is 16.5. The van der Waals surface area contributed by atoms with Crippen LogP contribution in [0, 0.1) is 13.8 Å². The third-order valence-corrected chi connectivity index (χ3v) is 10.3. The first-order valence-electron chi connectivity index (χ1n) is 17.6. The molecule has 0 saturated carbocycles. The van der Waals surface area contributed by atoms with Crippen molar-refractivity contribution >= 4 is 57.1 Å². The molecule has 2 atom stereocenters. The Kier molecular flexibility index (Phi) is 11.1. The van der Waals surface area contributed by atoms with E-state index < -0.39 is 17.9 Å². The van der Waals surface area contributed by atoms with Crippen molar-refractivity contribution in [3.8, 4) is 0 Å². The minimum absolute atomic E-state index is 0.0788. The van der Waals surface area contributed by atoms with Gasteiger partial charge in [-0.15, -0.1) is 0 Å². The van der Waals surface area contributed by atoms with E-state index in [9.17, 15) is 19.5 Å². The van der Waals surface area contributed by atoms with Gasteiger partial charge in [-0.05, 0) is 80.5 Å². The molecule has 5 heterocycles. The molecule has 0 unspecified atom stereocenters. The normalized spacial score (nSPS) is 15.7. The summed E-state index contributed by atoms with van der Waals surface area (Å²) >= 11 is 0. The fourth-order valence-corrected chi connectivity index (χ4v) is 7.28. The molecular weight excluding hydrogens is 630 g/mol. The Morgan fingerprint density at radius 3 is 2.36 bits per heavy atom. The maximum Gasteiger partial charge on any atom is 0.339 e. The van der Waals surface area contributed by atoms with Crippen molar-refractivity contribution in [2.24, 2.45) is 0 Å². The summed E-state index contributed by atoms with van der Waals surface area (Å²) in [4.78, 5) is 56.8. The number of rotatable bonds is 12. The van der Waals surface area contributed by atoms with Gasteiger partial charge in [-0.2, -0.15) is 0 Å². The van der Waals surface area contributed by atoms with Gasteiger partial charge in [-0.1, -0.05) is 52.7 Å². The highest BCUT2D eigenvalue weighted by Crippen LogP contribution is 2.43. The zero-order valence-electron chi connectivity index (χ0n) is 30.3. The Labute approximate surface area is 293 Å². The Bertz CT molecular complexity index is 2050. The Balaban J connectivity index is 1.91. The van der Waals surface area contributed by atoms with Crippen LogP contribution in [0.3, 0.4) is 0 Å². The van der Waals surface area contributed by atoms with Crippen molar-refractivity contribution < 1.29 is 24.2 Å². The molecular formula is C40H49N5O5. The van der Waals surface area contributed by atoms with E-state index in [-0.39, 0.29) is 35.1 Å². The van der Waals surface area contributed by atoms with Gasteiger partial charge in [0.25, 0.3) is 5.91 Å². The Morgan fingerprint density at radius 1 is 0.980 bits per heavy atom. The molecule has 0 radical (unpaired) electrons. The molecule has 4 N–H and O–H groups in total. The van der Waals surface area contributed by atoms with Crippen molar-refractivity contribution in [3.05, 3.63) is 75.4 Å². The van der Waals surface area contributed by atoms with Gasteiger partial charge < -0.3 is 25.1 Å². The largest absolute Gasteiger partial charge is 0.478 e. The average molecular weight is 680 g/mol.